The lowest BCUT2D eigenvalue weighted by atomic mass is 10.1. The maximum absolute atomic E-state index is 12.4. The van der Waals surface area contributed by atoms with Gasteiger partial charge in [-0.1, -0.05) is 30.3 Å². The molecule has 1 aliphatic rings. The third-order valence-electron chi connectivity index (χ3n) is 4.84. The van der Waals surface area contributed by atoms with E-state index < -0.39 is 5.60 Å². The molecule has 162 valence electrons. The first kappa shape index (κ1) is 21.7. The Morgan fingerprint density at radius 2 is 2.00 bits per heavy atom. The van der Waals surface area contributed by atoms with Gasteiger partial charge in [0, 0.05) is 25.7 Å². The highest BCUT2D eigenvalue weighted by atomic mass is 16.6. The minimum absolute atomic E-state index is 0.0461. The van der Waals surface area contributed by atoms with Gasteiger partial charge in [-0.05, 0) is 46.1 Å². The predicted molar refractivity (Wildman–Crippen MR) is 119 cm³/mol. The highest BCUT2D eigenvalue weighted by molar-refractivity contribution is 5.69. The molecule has 0 unspecified atom stereocenters. The number of benzene rings is 1. The molecule has 1 saturated heterocycles. The van der Waals surface area contributed by atoms with Crippen LogP contribution in [0.4, 0.5) is 22.2 Å². The van der Waals surface area contributed by atoms with E-state index in [-0.39, 0.29) is 12.1 Å². The number of aromatic nitrogens is 2. The second kappa shape index (κ2) is 9.19. The molecule has 1 atom stereocenters. The maximum Gasteiger partial charge on any atom is 0.410 e. The van der Waals surface area contributed by atoms with Crippen LogP contribution in [0, 0.1) is 6.92 Å². The molecule has 30 heavy (non-hydrogen) atoms. The standard InChI is InChI=1S/C22H32N6O2/c1-15-18(23)19(27-20(25-15)24-13-16-9-6-5-7-10-16)26-17-11-8-12-28(14-17)21(29)30-22(2,3)4/h5-7,9-10,17H,8,11-14,23H2,1-4H3,(H2,24,25,26,27)/t17-/m1/s1. The molecule has 1 aliphatic heterocycles. The minimum Gasteiger partial charge on any atom is -0.444 e. The van der Waals surface area contributed by atoms with Gasteiger partial charge in [0.1, 0.15) is 5.60 Å². The summed E-state index contributed by atoms with van der Waals surface area (Å²) in [5.74, 6) is 1.11. The monoisotopic (exact) mass is 412 g/mol. The average Bonchev–Trinajstić information content (AvgIpc) is 2.70. The SMILES string of the molecule is Cc1nc(NCc2ccccc2)nc(N[C@@H]2CCCN(C(=O)OC(C)(C)C)C2)c1N. The van der Waals surface area contributed by atoms with Gasteiger partial charge in [-0.25, -0.2) is 9.78 Å². The Labute approximate surface area is 178 Å². The Kier molecular flexibility index (Phi) is 6.64. The lowest BCUT2D eigenvalue weighted by molar-refractivity contribution is 0.0206. The number of nitrogens with one attached hydrogen (secondary N) is 2. The summed E-state index contributed by atoms with van der Waals surface area (Å²) in [5.41, 5.74) is 8.10. The lowest BCUT2D eigenvalue weighted by Crippen LogP contribution is -2.47. The Morgan fingerprint density at radius 1 is 1.27 bits per heavy atom. The lowest BCUT2D eigenvalue weighted by Gasteiger charge is -2.34. The number of hydrogen-bond acceptors (Lipinski definition) is 7. The van der Waals surface area contributed by atoms with Crippen LogP contribution in [0.5, 0.6) is 0 Å². The van der Waals surface area contributed by atoms with Gasteiger partial charge in [0.15, 0.2) is 5.82 Å². The van der Waals surface area contributed by atoms with Gasteiger partial charge in [-0.15, -0.1) is 0 Å². The van der Waals surface area contributed by atoms with Gasteiger partial charge in [-0.3, -0.25) is 0 Å². The Bertz CT molecular complexity index is 866. The summed E-state index contributed by atoms with van der Waals surface area (Å²) < 4.78 is 5.51. The van der Waals surface area contributed by atoms with E-state index in [4.69, 9.17) is 10.5 Å². The molecule has 2 heterocycles. The van der Waals surface area contributed by atoms with Gasteiger partial charge in [0.2, 0.25) is 5.95 Å². The summed E-state index contributed by atoms with van der Waals surface area (Å²) >= 11 is 0. The van der Waals surface area contributed by atoms with Crippen molar-refractivity contribution in [2.75, 3.05) is 29.5 Å². The molecule has 3 rings (SSSR count). The minimum atomic E-state index is -0.509. The topological polar surface area (TPSA) is 105 Å². The summed E-state index contributed by atoms with van der Waals surface area (Å²) in [7, 11) is 0. The van der Waals surface area contributed by atoms with Crippen molar-refractivity contribution < 1.29 is 9.53 Å². The number of amides is 1. The van der Waals surface area contributed by atoms with E-state index in [1.807, 2.05) is 58.0 Å². The summed E-state index contributed by atoms with van der Waals surface area (Å²) in [4.78, 5) is 23.2. The Balaban J connectivity index is 1.66. The summed E-state index contributed by atoms with van der Waals surface area (Å²) in [6.07, 6.45) is 1.53. The summed E-state index contributed by atoms with van der Waals surface area (Å²) in [5, 5.41) is 6.67. The fraction of sp³-hybridized carbons (Fsp3) is 0.500. The van der Waals surface area contributed by atoms with Gasteiger partial charge in [-0.2, -0.15) is 4.98 Å². The molecule has 2 aromatic rings. The van der Waals surface area contributed by atoms with E-state index in [1.54, 1.807) is 4.90 Å². The number of likely N-dealkylation sites (tertiary alicyclic amines) is 1. The van der Waals surface area contributed by atoms with E-state index in [1.165, 1.54) is 0 Å². The van der Waals surface area contributed by atoms with Gasteiger partial charge in [0.25, 0.3) is 0 Å². The number of piperidine rings is 1. The molecule has 8 nitrogen and oxygen atoms in total. The number of nitrogens with two attached hydrogens (primary N) is 1. The van der Waals surface area contributed by atoms with Crippen molar-refractivity contribution >= 4 is 23.5 Å². The zero-order chi connectivity index (χ0) is 21.7. The first-order valence-corrected chi connectivity index (χ1v) is 10.4. The number of aryl methyl sites for hydroxylation is 1. The van der Waals surface area contributed by atoms with E-state index in [9.17, 15) is 4.79 Å². The molecule has 8 heteroatoms. The Morgan fingerprint density at radius 3 is 2.70 bits per heavy atom. The van der Waals surface area contributed by atoms with Gasteiger partial charge >= 0.3 is 6.09 Å². The van der Waals surface area contributed by atoms with Crippen molar-refractivity contribution in [3.05, 3.63) is 41.6 Å². The molecule has 1 amide bonds. The predicted octanol–water partition coefficient (Wildman–Crippen LogP) is 3.79. The molecule has 0 bridgehead atoms. The molecule has 0 radical (unpaired) electrons. The van der Waals surface area contributed by atoms with Crippen molar-refractivity contribution in [1.29, 1.82) is 0 Å². The summed E-state index contributed by atoms with van der Waals surface area (Å²) in [6.45, 7) is 9.35. The first-order valence-electron chi connectivity index (χ1n) is 10.4. The van der Waals surface area contributed by atoms with Crippen molar-refractivity contribution in [2.45, 2.75) is 58.7 Å². The van der Waals surface area contributed by atoms with Crippen molar-refractivity contribution in [2.24, 2.45) is 0 Å². The third kappa shape index (κ3) is 5.98. The molecule has 1 fully saturated rings. The zero-order valence-corrected chi connectivity index (χ0v) is 18.2. The molecular weight excluding hydrogens is 380 g/mol. The average molecular weight is 413 g/mol. The van der Waals surface area contributed by atoms with Crippen LogP contribution in [0.3, 0.4) is 0 Å². The van der Waals surface area contributed by atoms with Crippen molar-refractivity contribution in [1.82, 2.24) is 14.9 Å². The van der Waals surface area contributed by atoms with E-state index in [0.717, 1.165) is 18.4 Å². The number of nitrogens with zero attached hydrogens (tertiary/aromatic N) is 3. The number of carbonyl (C=O) groups excluding carboxylic acids is 1. The Hall–Kier alpha value is -3.03. The first-order chi connectivity index (χ1) is 14.2. The van der Waals surface area contributed by atoms with Crippen LogP contribution in [0.2, 0.25) is 0 Å². The largest absolute Gasteiger partial charge is 0.444 e. The second-order valence-corrected chi connectivity index (χ2v) is 8.64. The van der Waals surface area contributed by atoms with Crippen LogP contribution in [0.15, 0.2) is 30.3 Å². The number of carbonyl (C=O) groups is 1. The molecule has 0 saturated carbocycles. The normalized spacial score (nSPS) is 16.8. The third-order valence-corrected chi connectivity index (χ3v) is 4.84. The zero-order valence-electron chi connectivity index (χ0n) is 18.2. The maximum atomic E-state index is 12.4. The van der Waals surface area contributed by atoms with E-state index in [2.05, 4.69) is 20.6 Å². The fourth-order valence-electron chi connectivity index (χ4n) is 3.33. The van der Waals surface area contributed by atoms with Crippen LogP contribution in [-0.2, 0) is 11.3 Å². The molecule has 0 spiro atoms. The molecule has 1 aromatic carbocycles. The molecule has 4 N–H and O–H groups in total. The molecule has 1 aromatic heterocycles. The van der Waals surface area contributed by atoms with Crippen LogP contribution in [-0.4, -0.2) is 45.7 Å². The van der Waals surface area contributed by atoms with Gasteiger partial charge in [0.05, 0.1) is 11.4 Å². The summed E-state index contributed by atoms with van der Waals surface area (Å²) in [6, 6.07) is 10.1. The number of ether oxygens (including phenoxy) is 1. The quantitative estimate of drug-likeness (QED) is 0.686. The van der Waals surface area contributed by atoms with Crippen molar-refractivity contribution in [3.63, 3.8) is 0 Å². The fourth-order valence-corrected chi connectivity index (χ4v) is 3.33. The van der Waals surface area contributed by atoms with Crippen molar-refractivity contribution in [3.8, 4) is 0 Å². The molecule has 0 aliphatic carbocycles. The number of hydrogen-bond donors (Lipinski definition) is 3. The van der Waals surface area contributed by atoms with E-state index in [0.29, 0.717) is 42.8 Å². The number of rotatable bonds is 5. The number of anilines is 3. The van der Waals surface area contributed by atoms with Gasteiger partial charge < -0.3 is 26.0 Å². The van der Waals surface area contributed by atoms with E-state index >= 15 is 0 Å². The second-order valence-electron chi connectivity index (χ2n) is 8.64. The highest BCUT2D eigenvalue weighted by Gasteiger charge is 2.28. The van der Waals surface area contributed by atoms with Crippen LogP contribution < -0.4 is 16.4 Å². The number of nitrogen functional groups attached to an aromatic ring is 1. The molecular formula is C22H32N6O2. The smallest absolute Gasteiger partial charge is 0.410 e. The van der Waals surface area contributed by atoms with Crippen LogP contribution in [0.1, 0.15) is 44.9 Å². The van der Waals surface area contributed by atoms with Crippen LogP contribution >= 0.6 is 0 Å². The van der Waals surface area contributed by atoms with Crippen LogP contribution in [0.25, 0.3) is 0 Å². The highest BCUT2D eigenvalue weighted by Crippen LogP contribution is 2.24.